The Hall–Kier alpha value is -1.63. The monoisotopic (exact) mass is 340 g/mol. The van der Waals surface area contributed by atoms with E-state index in [4.69, 9.17) is 0 Å². The van der Waals surface area contributed by atoms with Gasteiger partial charge in [-0.2, -0.15) is 0 Å². The number of ketones is 1. The highest BCUT2D eigenvalue weighted by molar-refractivity contribution is 5.77. The van der Waals surface area contributed by atoms with E-state index in [1.807, 2.05) is 13.8 Å². The van der Waals surface area contributed by atoms with Crippen molar-refractivity contribution in [2.75, 3.05) is 0 Å². The molecule has 0 N–H and O–H groups in total. The summed E-state index contributed by atoms with van der Waals surface area (Å²) in [6.45, 7) is 17.4. The Kier molecular flexibility index (Phi) is 7.41. The summed E-state index contributed by atoms with van der Waals surface area (Å²) in [5.41, 5.74) is 6.21. The molecule has 0 atom stereocenters. The molecule has 1 aliphatic carbocycles. The Labute approximate surface area is 155 Å². The second-order valence-electron chi connectivity index (χ2n) is 8.82. The summed E-state index contributed by atoms with van der Waals surface area (Å²) in [5, 5.41) is 0. The van der Waals surface area contributed by atoms with Crippen LogP contribution in [0.4, 0.5) is 0 Å². The maximum atomic E-state index is 10.2. The first kappa shape index (κ1) is 21.4. The van der Waals surface area contributed by atoms with Crippen molar-refractivity contribution in [1.82, 2.24) is 0 Å². The Balaban J connectivity index is 0.000000450. The van der Waals surface area contributed by atoms with E-state index < -0.39 is 0 Å². The Morgan fingerprint density at radius 3 is 1.76 bits per heavy atom. The Morgan fingerprint density at radius 2 is 1.40 bits per heavy atom. The van der Waals surface area contributed by atoms with E-state index in [1.54, 1.807) is 0 Å². The van der Waals surface area contributed by atoms with Gasteiger partial charge in [0.15, 0.2) is 0 Å². The number of carbonyl (C=O) groups excluding carboxylic acids is 1. The predicted molar refractivity (Wildman–Crippen MR) is 111 cm³/mol. The van der Waals surface area contributed by atoms with Crippen molar-refractivity contribution >= 4 is 11.4 Å². The molecule has 0 amide bonds. The number of hydrogen-bond acceptors (Lipinski definition) is 1. The molecule has 0 heterocycles. The lowest BCUT2D eigenvalue weighted by atomic mass is 9.82. The molecule has 1 nitrogen and oxygen atoms in total. The average Bonchev–Trinajstić information content (AvgIpc) is 3.04. The van der Waals surface area contributed by atoms with Crippen LogP contribution in [0.5, 0.6) is 0 Å². The molecule has 0 aliphatic heterocycles. The van der Waals surface area contributed by atoms with Crippen molar-refractivity contribution in [2.45, 2.75) is 80.1 Å². The standard InChI is InChI=1S/C19H26.C5H10O/c1-18(2,3)15-12-10-14(11-13-15)16-8-7-9-17(16)19(4,5)6;1-3-5(6)4-2/h7,9-13H,8H2,1-6H3;3-4H2,1-2H3. The second kappa shape index (κ2) is 8.65. The predicted octanol–water partition coefficient (Wildman–Crippen LogP) is 7.12. The fourth-order valence-corrected chi connectivity index (χ4v) is 2.90. The minimum atomic E-state index is 0.227. The van der Waals surface area contributed by atoms with Gasteiger partial charge in [-0.3, -0.25) is 4.79 Å². The molecule has 0 fully saturated rings. The highest BCUT2D eigenvalue weighted by atomic mass is 16.1. The zero-order chi connectivity index (χ0) is 19.3. The molecule has 1 aromatic rings. The highest BCUT2D eigenvalue weighted by Crippen LogP contribution is 2.39. The molecule has 25 heavy (non-hydrogen) atoms. The van der Waals surface area contributed by atoms with Crippen LogP contribution in [0.2, 0.25) is 0 Å². The summed E-state index contributed by atoms with van der Waals surface area (Å²) in [6, 6.07) is 9.13. The lowest BCUT2D eigenvalue weighted by Crippen LogP contribution is -2.11. The second-order valence-corrected chi connectivity index (χ2v) is 8.82. The maximum Gasteiger partial charge on any atom is 0.132 e. The van der Waals surface area contributed by atoms with Crippen molar-refractivity contribution in [3.05, 3.63) is 53.1 Å². The smallest absolute Gasteiger partial charge is 0.132 e. The van der Waals surface area contributed by atoms with Crippen molar-refractivity contribution in [1.29, 1.82) is 0 Å². The molecule has 0 radical (unpaired) electrons. The molecule has 2 rings (SSSR count). The van der Waals surface area contributed by atoms with Gasteiger partial charge < -0.3 is 0 Å². The zero-order valence-corrected chi connectivity index (χ0v) is 17.5. The molecule has 0 saturated carbocycles. The molecule has 1 aromatic carbocycles. The van der Waals surface area contributed by atoms with E-state index in [1.165, 1.54) is 22.3 Å². The SMILES string of the molecule is CC(C)(C)C1=C(c2ccc(C(C)(C)C)cc2)CC=C1.CCC(=O)CC. The van der Waals surface area contributed by atoms with Crippen LogP contribution in [0.1, 0.15) is 85.8 Å². The van der Waals surface area contributed by atoms with Gasteiger partial charge in [-0.05, 0) is 39.5 Å². The van der Waals surface area contributed by atoms with Gasteiger partial charge in [-0.15, -0.1) is 0 Å². The van der Waals surface area contributed by atoms with Crippen molar-refractivity contribution in [2.24, 2.45) is 5.41 Å². The van der Waals surface area contributed by atoms with Gasteiger partial charge in [0.25, 0.3) is 0 Å². The van der Waals surface area contributed by atoms with E-state index in [0.29, 0.717) is 18.6 Å². The first-order valence-corrected chi connectivity index (χ1v) is 9.53. The third-order valence-corrected chi connectivity index (χ3v) is 4.63. The number of benzene rings is 1. The van der Waals surface area contributed by atoms with E-state index >= 15 is 0 Å². The molecule has 0 bridgehead atoms. The van der Waals surface area contributed by atoms with Crippen LogP contribution in [0, 0.1) is 5.41 Å². The summed E-state index contributed by atoms with van der Waals surface area (Å²) in [7, 11) is 0. The van der Waals surface area contributed by atoms with Crippen LogP contribution in [-0.4, -0.2) is 5.78 Å². The van der Waals surface area contributed by atoms with Gasteiger partial charge in [0.1, 0.15) is 5.78 Å². The fraction of sp³-hybridized carbons (Fsp3) is 0.542. The fourth-order valence-electron chi connectivity index (χ4n) is 2.90. The van der Waals surface area contributed by atoms with Gasteiger partial charge >= 0.3 is 0 Å². The average molecular weight is 341 g/mol. The summed E-state index contributed by atoms with van der Waals surface area (Å²) in [5.74, 6) is 0.343. The van der Waals surface area contributed by atoms with Gasteiger partial charge in [0.2, 0.25) is 0 Å². The molecular weight excluding hydrogens is 304 g/mol. The largest absolute Gasteiger partial charge is 0.300 e. The molecule has 1 heteroatoms. The van der Waals surface area contributed by atoms with Crippen molar-refractivity contribution in [3.63, 3.8) is 0 Å². The van der Waals surface area contributed by atoms with E-state index in [9.17, 15) is 4.79 Å². The molecular formula is C24H36O. The van der Waals surface area contributed by atoms with Gasteiger partial charge in [0, 0.05) is 12.8 Å². The van der Waals surface area contributed by atoms with E-state index in [2.05, 4.69) is 78.0 Å². The molecule has 138 valence electrons. The summed E-state index contributed by atoms with van der Waals surface area (Å²) >= 11 is 0. The normalized spacial score (nSPS) is 14.4. The van der Waals surface area contributed by atoms with E-state index in [-0.39, 0.29) is 10.8 Å². The number of hydrogen-bond donors (Lipinski definition) is 0. The molecule has 0 aromatic heterocycles. The van der Waals surface area contributed by atoms with Crippen LogP contribution in [-0.2, 0) is 10.2 Å². The zero-order valence-electron chi connectivity index (χ0n) is 17.5. The molecule has 0 saturated heterocycles. The minimum Gasteiger partial charge on any atom is -0.300 e. The molecule has 1 aliphatic rings. The van der Waals surface area contributed by atoms with Crippen LogP contribution in [0.15, 0.2) is 42.0 Å². The van der Waals surface area contributed by atoms with Crippen LogP contribution in [0.25, 0.3) is 5.57 Å². The van der Waals surface area contributed by atoms with Crippen LogP contribution < -0.4 is 0 Å². The first-order chi connectivity index (χ1) is 11.5. The van der Waals surface area contributed by atoms with Gasteiger partial charge in [-0.25, -0.2) is 0 Å². The van der Waals surface area contributed by atoms with Crippen LogP contribution >= 0.6 is 0 Å². The first-order valence-electron chi connectivity index (χ1n) is 9.53. The number of allylic oxidation sites excluding steroid dienone is 4. The van der Waals surface area contributed by atoms with Crippen molar-refractivity contribution < 1.29 is 4.79 Å². The summed E-state index contributed by atoms with van der Waals surface area (Å²) < 4.78 is 0. The third-order valence-electron chi connectivity index (χ3n) is 4.63. The minimum absolute atomic E-state index is 0.227. The number of rotatable bonds is 3. The van der Waals surface area contributed by atoms with E-state index in [0.717, 1.165) is 6.42 Å². The lowest BCUT2D eigenvalue weighted by Gasteiger charge is -2.23. The van der Waals surface area contributed by atoms with Gasteiger partial charge in [0.05, 0.1) is 0 Å². The summed E-state index contributed by atoms with van der Waals surface area (Å²) in [4.78, 5) is 10.2. The molecule has 0 spiro atoms. The quantitative estimate of drug-likeness (QED) is 0.572. The van der Waals surface area contributed by atoms with Crippen LogP contribution in [0.3, 0.4) is 0 Å². The molecule has 0 unspecified atom stereocenters. The van der Waals surface area contributed by atoms with Gasteiger partial charge in [-0.1, -0.05) is 91.8 Å². The third kappa shape index (κ3) is 6.30. The topological polar surface area (TPSA) is 17.1 Å². The Morgan fingerprint density at radius 1 is 0.880 bits per heavy atom. The number of carbonyl (C=O) groups is 1. The maximum absolute atomic E-state index is 10.2. The summed E-state index contributed by atoms with van der Waals surface area (Å²) in [6.07, 6.45) is 7.04. The van der Waals surface area contributed by atoms with Crippen molar-refractivity contribution in [3.8, 4) is 0 Å². The Bertz CT molecular complexity index is 622. The number of Topliss-reactive ketones (excluding diaryl/α,β-unsaturated/α-hetero) is 1. The lowest BCUT2D eigenvalue weighted by molar-refractivity contribution is -0.118. The highest BCUT2D eigenvalue weighted by Gasteiger charge is 2.22.